The van der Waals surface area contributed by atoms with Crippen molar-refractivity contribution in [1.82, 2.24) is 10.5 Å². The number of nitrogens with one attached hydrogen (secondary N) is 1. The van der Waals surface area contributed by atoms with Gasteiger partial charge in [0.2, 0.25) is 5.91 Å². The van der Waals surface area contributed by atoms with Gasteiger partial charge in [-0.15, -0.1) is 0 Å². The maximum Gasteiger partial charge on any atom is 0.226 e. The summed E-state index contributed by atoms with van der Waals surface area (Å²) in [5.74, 6) is -0.214. The molecule has 19 heavy (non-hydrogen) atoms. The fourth-order valence-electron chi connectivity index (χ4n) is 1.76. The van der Waals surface area contributed by atoms with Gasteiger partial charge in [0.25, 0.3) is 0 Å². The van der Waals surface area contributed by atoms with Crippen molar-refractivity contribution in [3.63, 3.8) is 0 Å². The number of aliphatic hydroxyl groups excluding tert-OH is 1. The minimum Gasteiger partial charge on any atom is -0.389 e. The van der Waals surface area contributed by atoms with Crippen LogP contribution in [0.2, 0.25) is 0 Å². The van der Waals surface area contributed by atoms with Crippen LogP contribution in [0, 0.1) is 0 Å². The first-order chi connectivity index (χ1) is 9.20. The Morgan fingerprint density at radius 2 is 2.32 bits per heavy atom. The molecule has 0 spiro atoms. The van der Waals surface area contributed by atoms with Crippen molar-refractivity contribution in [2.24, 2.45) is 0 Å². The van der Waals surface area contributed by atoms with Crippen LogP contribution in [0.5, 0.6) is 0 Å². The van der Waals surface area contributed by atoms with Crippen LogP contribution in [0.15, 0.2) is 28.8 Å². The summed E-state index contributed by atoms with van der Waals surface area (Å²) >= 11 is 0. The predicted molar refractivity (Wildman–Crippen MR) is 68.6 cm³/mol. The maximum atomic E-state index is 11.7. The summed E-state index contributed by atoms with van der Waals surface area (Å²) < 4.78 is 9.89. The molecule has 0 fully saturated rings. The van der Waals surface area contributed by atoms with Gasteiger partial charge in [-0.3, -0.25) is 4.79 Å². The standard InChI is InChI=1S/C13H16N2O4/c1-18-8-9(16)7-14-13(17)6-11-10-4-2-3-5-12(10)19-15-11/h2-5,9,16H,6-8H2,1H3,(H,14,17). The van der Waals surface area contributed by atoms with E-state index in [-0.39, 0.29) is 25.5 Å². The number of ether oxygens (including phenoxy) is 1. The molecule has 1 heterocycles. The van der Waals surface area contributed by atoms with Crippen LogP contribution in [0.25, 0.3) is 11.0 Å². The van der Waals surface area contributed by atoms with E-state index in [0.717, 1.165) is 5.39 Å². The predicted octanol–water partition coefficient (Wildman–Crippen LogP) is 0.494. The number of hydrogen-bond donors (Lipinski definition) is 2. The van der Waals surface area contributed by atoms with Crippen molar-refractivity contribution in [3.8, 4) is 0 Å². The summed E-state index contributed by atoms with van der Waals surface area (Å²) in [5, 5.41) is 16.7. The molecule has 0 saturated heterocycles. The summed E-state index contributed by atoms with van der Waals surface area (Å²) in [4.78, 5) is 11.7. The molecule has 1 unspecified atom stereocenters. The summed E-state index contributed by atoms with van der Waals surface area (Å²) in [7, 11) is 1.49. The van der Waals surface area contributed by atoms with Crippen LogP contribution in [-0.2, 0) is 16.0 Å². The largest absolute Gasteiger partial charge is 0.389 e. The van der Waals surface area contributed by atoms with Gasteiger partial charge in [0.15, 0.2) is 5.58 Å². The maximum absolute atomic E-state index is 11.7. The highest BCUT2D eigenvalue weighted by Crippen LogP contribution is 2.17. The molecular weight excluding hydrogens is 248 g/mol. The number of amides is 1. The Kier molecular flexibility index (Phi) is 4.48. The van der Waals surface area contributed by atoms with Gasteiger partial charge < -0.3 is 19.7 Å². The molecule has 2 rings (SSSR count). The number of methoxy groups -OCH3 is 1. The van der Waals surface area contributed by atoms with Gasteiger partial charge >= 0.3 is 0 Å². The van der Waals surface area contributed by atoms with E-state index in [4.69, 9.17) is 9.26 Å². The third-order valence-corrected chi connectivity index (χ3v) is 2.67. The number of nitrogens with zero attached hydrogens (tertiary/aromatic N) is 1. The second kappa shape index (κ2) is 6.31. The topological polar surface area (TPSA) is 84.6 Å². The number of hydrogen-bond acceptors (Lipinski definition) is 5. The van der Waals surface area contributed by atoms with E-state index in [2.05, 4.69) is 10.5 Å². The van der Waals surface area contributed by atoms with E-state index in [1.165, 1.54) is 7.11 Å². The quantitative estimate of drug-likeness (QED) is 0.793. The van der Waals surface area contributed by atoms with Crippen molar-refractivity contribution in [2.75, 3.05) is 20.3 Å². The van der Waals surface area contributed by atoms with Crippen molar-refractivity contribution >= 4 is 16.9 Å². The molecular formula is C13H16N2O4. The Bertz CT molecular complexity index is 552. The molecule has 1 amide bonds. The monoisotopic (exact) mass is 264 g/mol. The Labute approximate surface area is 110 Å². The lowest BCUT2D eigenvalue weighted by Gasteiger charge is -2.10. The first-order valence-electron chi connectivity index (χ1n) is 5.97. The number of benzene rings is 1. The first-order valence-corrected chi connectivity index (χ1v) is 5.97. The molecule has 0 saturated carbocycles. The number of rotatable bonds is 6. The van der Waals surface area contributed by atoms with Gasteiger partial charge in [0, 0.05) is 19.0 Å². The van der Waals surface area contributed by atoms with Crippen LogP contribution >= 0.6 is 0 Å². The molecule has 0 aliphatic carbocycles. The average molecular weight is 264 g/mol. The molecule has 1 atom stereocenters. The molecule has 6 nitrogen and oxygen atoms in total. The van der Waals surface area contributed by atoms with Gasteiger partial charge in [-0.1, -0.05) is 17.3 Å². The molecule has 0 aliphatic rings. The van der Waals surface area contributed by atoms with E-state index in [9.17, 15) is 9.90 Å². The van der Waals surface area contributed by atoms with Crippen LogP contribution < -0.4 is 5.32 Å². The number of aliphatic hydroxyl groups is 1. The zero-order chi connectivity index (χ0) is 13.7. The van der Waals surface area contributed by atoms with Gasteiger partial charge in [-0.2, -0.15) is 0 Å². The van der Waals surface area contributed by atoms with E-state index < -0.39 is 6.10 Å². The van der Waals surface area contributed by atoms with E-state index in [1.807, 2.05) is 18.2 Å². The van der Waals surface area contributed by atoms with Crippen molar-refractivity contribution in [3.05, 3.63) is 30.0 Å². The summed E-state index contributed by atoms with van der Waals surface area (Å²) in [6, 6.07) is 7.36. The fraction of sp³-hybridized carbons (Fsp3) is 0.385. The zero-order valence-corrected chi connectivity index (χ0v) is 10.6. The molecule has 0 radical (unpaired) electrons. The third kappa shape index (κ3) is 3.52. The summed E-state index contributed by atoms with van der Waals surface area (Å²) in [5.41, 5.74) is 1.25. The van der Waals surface area contributed by atoms with Crippen molar-refractivity contribution in [2.45, 2.75) is 12.5 Å². The summed E-state index contributed by atoms with van der Waals surface area (Å²) in [6.07, 6.45) is -0.584. The Balaban J connectivity index is 1.92. The smallest absolute Gasteiger partial charge is 0.226 e. The van der Waals surface area contributed by atoms with Crippen LogP contribution in [0.1, 0.15) is 5.69 Å². The number of para-hydroxylation sites is 1. The minimum absolute atomic E-state index is 0.122. The lowest BCUT2D eigenvalue weighted by molar-refractivity contribution is -0.121. The molecule has 0 bridgehead atoms. The highest BCUT2D eigenvalue weighted by Gasteiger charge is 2.12. The highest BCUT2D eigenvalue weighted by atomic mass is 16.5. The number of carbonyl (C=O) groups is 1. The molecule has 102 valence electrons. The van der Waals surface area contributed by atoms with Gasteiger partial charge in [0.05, 0.1) is 19.1 Å². The van der Waals surface area contributed by atoms with Crippen LogP contribution in [0.3, 0.4) is 0 Å². The summed E-state index contributed by atoms with van der Waals surface area (Å²) in [6.45, 7) is 0.343. The van der Waals surface area contributed by atoms with Crippen molar-refractivity contribution in [1.29, 1.82) is 0 Å². The second-order valence-electron chi connectivity index (χ2n) is 4.22. The lowest BCUT2D eigenvalue weighted by atomic mass is 10.1. The average Bonchev–Trinajstić information content (AvgIpc) is 2.80. The SMILES string of the molecule is COCC(O)CNC(=O)Cc1noc2ccccc12. The van der Waals surface area contributed by atoms with Crippen LogP contribution in [-0.4, -0.2) is 42.5 Å². The first kappa shape index (κ1) is 13.5. The van der Waals surface area contributed by atoms with E-state index in [0.29, 0.717) is 11.3 Å². The number of fused-ring (bicyclic) bond motifs is 1. The van der Waals surface area contributed by atoms with Gasteiger partial charge in [-0.25, -0.2) is 0 Å². The third-order valence-electron chi connectivity index (χ3n) is 2.67. The van der Waals surface area contributed by atoms with Crippen molar-refractivity contribution < 1.29 is 19.2 Å². The molecule has 2 aromatic rings. The Hall–Kier alpha value is -1.92. The van der Waals surface area contributed by atoms with Gasteiger partial charge in [-0.05, 0) is 12.1 Å². The fourth-order valence-corrected chi connectivity index (χ4v) is 1.76. The Morgan fingerprint density at radius 3 is 3.11 bits per heavy atom. The highest BCUT2D eigenvalue weighted by molar-refractivity contribution is 5.86. The normalized spacial score (nSPS) is 12.5. The zero-order valence-electron chi connectivity index (χ0n) is 10.6. The number of aromatic nitrogens is 1. The molecule has 6 heteroatoms. The van der Waals surface area contributed by atoms with E-state index >= 15 is 0 Å². The molecule has 1 aromatic heterocycles. The van der Waals surface area contributed by atoms with Crippen LogP contribution in [0.4, 0.5) is 0 Å². The number of carbonyl (C=O) groups excluding carboxylic acids is 1. The molecule has 0 aliphatic heterocycles. The van der Waals surface area contributed by atoms with E-state index in [1.54, 1.807) is 6.07 Å². The Morgan fingerprint density at radius 1 is 1.53 bits per heavy atom. The second-order valence-corrected chi connectivity index (χ2v) is 4.22. The molecule has 2 N–H and O–H groups in total. The molecule has 1 aromatic carbocycles. The minimum atomic E-state index is -0.706. The van der Waals surface area contributed by atoms with Gasteiger partial charge in [0.1, 0.15) is 5.69 Å². The lowest BCUT2D eigenvalue weighted by Crippen LogP contribution is -2.35.